The van der Waals surface area contributed by atoms with Gasteiger partial charge in [0.2, 0.25) is 5.91 Å². The van der Waals surface area contributed by atoms with Crippen molar-refractivity contribution in [3.05, 3.63) is 94.8 Å². The largest absolute Gasteiger partial charge is 0.366 e. The number of hydrogen-bond acceptors (Lipinski definition) is 3. The van der Waals surface area contributed by atoms with Crippen LogP contribution in [0.2, 0.25) is 0 Å². The molecule has 4 heteroatoms. The van der Waals surface area contributed by atoms with E-state index in [-0.39, 0.29) is 0 Å². The van der Waals surface area contributed by atoms with Crippen LogP contribution >= 0.6 is 0 Å². The van der Waals surface area contributed by atoms with Gasteiger partial charge in [-0.25, -0.2) is 4.99 Å². The Morgan fingerprint density at radius 1 is 1.04 bits per heavy atom. The molecule has 0 bridgehead atoms. The number of nitrogens with zero attached hydrogens (tertiary/aromatic N) is 2. The Kier molecular flexibility index (Phi) is 5.02. The highest BCUT2D eigenvalue weighted by Crippen LogP contribution is 2.41. The van der Waals surface area contributed by atoms with Crippen LogP contribution in [0.1, 0.15) is 57.8 Å². The van der Waals surface area contributed by atoms with Crippen molar-refractivity contribution in [2.75, 3.05) is 0 Å². The summed E-state index contributed by atoms with van der Waals surface area (Å²) in [5.41, 5.74) is 12.1. The molecule has 2 aromatic carbocycles. The van der Waals surface area contributed by atoms with E-state index in [9.17, 15) is 4.79 Å². The number of hydrogen-bond donors (Lipinski definition) is 1. The summed E-state index contributed by atoms with van der Waals surface area (Å²) in [6, 6.07) is 17.8. The third-order valence-electron chi connectivity index (χ3n) is 5.45. The van der Waals surface area contributed by atoms with E-state index in [0.29, 0.717) is 11.5 Å². The topological polar surface area (TPSA) is 68.3 Å². The van der Waals surface area contributed by atoms with Crippen LogP contribution in [0, 0.1) is 6.92 Å². The summed E-state index contributed by atoms with van der Waals surface area (Å²) in [5.74, 6) is 0.0641. The molecule has 1 aliphatic rings. The van der Waals surface area contributed by atoms with Crippen LogP contribution in [-0.4, -0.2) is 16.6 Å². The Balaban J connectivity index is 1.92. The Hall–Kier alpha value is -3.27. The van der Waals surface area contributed by atoms with Gasteiger partial charge in [-0.3, -0.25) is 9.78 Å². The average molecular weight is 369 g/mol. The van der Waals surface area contributed by atoms with Gasteiger partial charge in [0.25, 0.3) is 0 Å². The second kappa shape index (κ2) is 7.77. The van der Waals surface area contributed by atoms with Crippen molar-refractivity contribution in [3.8, 4) is 0 Å². The molecule has 0 saturated heterocycles. The fraction of sp³-hybridized carbons (Fsp3) is 0.208. The molecule has 0 unspecified atom stereocenters. The molecule has 4 rings (SSSR count). The first-order chi connectivity index (χ1) is 13.6. The van der Waals surface area contributed by atoms with Crippen molar-refractivity contribution in [1.82, 2.24) is 4.98 Å². The first-order valence-electron chi connectivity index (χ1n) is 9.62. The molecule has 1 aliphatic carbocycles. The monoisotopic (exact) mass is 369 g/mol. The van der Waals surface area contributed by atoms with Gasteiger partial charge in [-0.2, -0.15) is 0 Å². The molecule has 0 radical (unpaired) electrons. The Morgan fingerprint density at radius 3 is 2.43 bits per heavy atom. The average Bonchev–Trinajstić information content (AvgIpc) is 2.67. The summed E-state index contributed by atoms with van der Waals surface area (Å²) in [6.07, 6.45) is 7.10. The molecule has 28 heavy (non-hydrogen) atoms. The molecule has 3 aromatic rings. The van der Waals surface area contributed by atoms with Crippen molar-refractivity contribution in [1.29, 1.82) is 0 Å². The van der Waals surface area contributed by atoms with Gasteiger partial charge in [-0.1, -0.05) is 36.8 Å². The number of nitrogens with two attached hydrogens (primary N) is 1. The van der Waals surface area contributed by atoms with Gasteiger partial charge in [0, 0.05) is 29.1 Å². The van der Waals surface area contributed by atoms with Crippen molar-refractivity contribution in [2.45, 2.75) is 32.1 Å². The number of aliphatic imine (C=N–C) groups is 1. The molecule has 4 nitrogen and oxygen atoms in total. The molecule has 0 aliphatic heterocycles. The van der Waals surface area contributed by atoms with Crippen molar-refractivity contribution >= 4 is 17.3 Å². The third-order valence-corrected chi connectivity index (χ3v) is 5.45. The number of carbonyl (C=O) groups is 1. The Bertz CT molecular complexity index is 1040. The second-order valence-electron chi connectivity index (χ2n) is 7.28. The third kappa shape index (κ3) is 3.58. The highest BCUT2D eigenvalue weighted by Gasteiger charge is 2.23. The number of amides is 1. The number of rotatable bonds is 5. The summed E-state index contributed by atoms with van der Waals surface area (Å²) in [7, 11) is 0. The molecule has 140 valence electrons. The molecule has 0 atom stereocenters. The number of benzene rings is 2. The number of carbonyl (C=O) groups excluding carboxylic acids is 1. The zero-order valence-electron chi connectivity index (χ0n) is 15.9. The van der Waals surface area contributed by atoms with E-state index in [1.807, 2.05) is 42.5 Å². The van der Waals surface area contributed by atoms with E-state index in [0.717, 1.165) is 40.9 Å². The van der Waals surface area contributed by atoms with Crippen molar-refractivity contribution < 1.29 is 4.79 Å². The predicted molar refractivity (Wildman–Crippen MR) is 112 cm³/mol. The van der Waals surface area contributed by atoms with Gasteiger partial charge in [0.15, 0.2) is 0 Å². The van der Waals surface area contributed by atoms with Gasteiger partial charge in [0.1, 0.15) is 0 Å². The van der Waals surface area contributed by atoms with Crippen LogP contribution in [0.4, 0.5) is 5.69 Å². The highest BCUT2D eigenvalue weighted by molar-refractivity contribution is 6.14. The normalized spacial score (nSPS) is 14.5. The van der Waals surface area contributed by atoms with Gasteiger partial charge in [-0.15, -0.1) is 0 Å². The second-order valence-corrected chi connectivity index (χ2v) is 7.28. The maximum atomic E-state index is 11.8. The molecular formula is C24H23N3O. The quantitative estimate of drug-likeness (QED) is 0.648. The SMILES string of the molecule is Cc1ccccc1C(=Nc1cc(C(N)=O)ccc1C1CCC1)c1ccncc1. The summed E-state index contributed by atoms with van der Waals surface area (Å²) in [6.45, 7) is 2.08. The molecule has 2 N–H and O–H groups in total. The Morgan fingerprint density at radius 2 is 1.79 bits per heavy atom. The number of aromatic nitrogens is 1. The van der Waals surface area contributed by atoms with E-state index >= 15 is 0 Å². The molecule has 1 saturated carbocycles. The molecule has 0 spiro atoms. The summed E-state index contributed by atoms with van der Waals surface area (Å²) in [4.78, 5) is 21.0. The summed E-state index contributed by atoms with van der Waals surface area (Å²) in [5, 5.41) is 0. The van der Waals surface area contributed by atoms with Gasteiger partial charge in [0.05, 0.1) is 11.4 Å². The lowest BCUT2D eigenvalue weighted by Gasteiger charge is -2.27. The molecule has 1 fully saturated rings. The summed E-state index contributed by atoms with van der Waals surface area (Å²) < 4.78 is 0. The van der Waals surface area contributed by atoms with Crippen LogP contribution in [0.15, 0.2) is 72.0 Å². The van der Waals surface area contributed by atoms with Gasteiger partial charge < -0.3 is 5.73 Å². The van der Waals surface area contributed by atoms with Crippen molar-refractivity contribution in [2.24, 2.45) is 10.7 Å². The minimum absolute atomic E-state index is 0.432. The molecule has 1 heterocycles. The van der Waals surface area contributed by atoms with Crippen molar-refractivity contribution in [3.63, 3.8) is 0 Å². The lowest BCUT2D eigenvalue weighted by molar-refractivity contribution is 0.100. The standard InChI is InChI=1S/C24H23N3O/c1-16-5-2-3-8-20(16)23(18-11-13-26-14-12-18)27-22-15-19(24(25)28)9-10-21(22)17-6-4-7-17/h2-3,5,8-15,17H,4,6-7H2,1H3,(H2,25,28). The predicted octanol–water partition coefficient (Wildman–Crippen LogP) is 4.93. The molecule has 1 amide bonds. The minimum Gasteiger partial charge on any atom is -0.366 e. The first-order valence-corrected chi connectivity index (χ1v) is 9.62. The smallest absolute Gasteiger partial charge is 0.248 e. The van der Waals surface area contributed by atoms with Crippen LogP contribution in [0.25, 0.3) is 0 Å². The number of primary amides is 1. The van der Waals surface area contributed by atoms with Gasteiger partial charge in [-0.05, 0) is 61.1 Å². The fourth-order valence-corrected chi connectivity index (χ4v) is 3.61. The number of pyridine rings is 1. The van der Waals surface area contributed by atoms with Crippen LogP contribution in [0.3, 0.4) is 0 Å². The first kappa shape index (κ1) is 18.1. The lowest BCUT2D eigenvalue weighted by atomic mass is 9.79. The maximum Gasteiger partial charge on any atom is 0.248 e. The number of aryl methyl sites for hydroxylation is 1. The molecule has 1 aromatic heterocycles. The lowest BCUT2D eigenvalue weighted by Crippen LogP contribution is -2.13. The molecular weight excluding hydrogens is 346 g/mol. The van der Waals surface area contributed by atoms with E-state index < -0.39 is 5.91 Å². The van der Waals surface area contributed by atoms with Crippen LogP contribution < -0.4 is 5.73 Å². The fourth-order valence-electron chi connectivity index (χ4n) is 3.61. The summed E-state index contributed by atoms with van der Waals surface area (Å²) >= 11 is 0. The Labute approximate surface area is 165 Å². The van der Waals surface area contributed by atoms with E-state index in [1.54, 1.807) is 12.4 Å². The highest BCUT2D eigenvalue weighted by atomic mass is 16.1. The maximum absolute atomic E-state index is 11.8. The van der Waals surface area contributed by atoms with E-state index in [2.05, 4.69) is 24.0 Å². The van der Waals surface area contributed by atoms with Crippen LogP contribution in [-0.2, 0) is 0 Å². The van der Waals surface area contributed by atoms with Crippen LogP contribution in [0.5, 0.6) is 0 Å². The zero-order chi connectivity index (χ0) is 19.5. The van der Waals surface area contributed by atoms with E-state index in [1.165, 1.54) is 12.0 Å². The van der Waals surface area contributed by atoms with Gasteiger partial charge >= 0.3 is 0 Å². The minimum atomic E-state index is -0.432. The zero-order valence-corrected chi connectivity index (χ0v) is 15.9. The van der Waals surface area contributed by atoms with E-state index in [4.69, 9.17) is 10.7 Å².